The minimum atomic E-state index is 0.361. The standard InChI is InChI=1S/C20H21N/c1-14-11-12-16-7-4-5-10-19(16)20(14)18-9-6-8-17(13-18)15(2)21-3/h4-13,15,21H,1-3H3. The van der Waals surface area contributed by atoms with Gasteiger partial charge in [-0.15, -0.1) is 0 Å². The van der Waals surface area contributed by atoms with Crippen LogP contribution in [-0.2, 0) is 0 Å². The molecule has 1 N–H and O–H groups in total. The van der Waals surface area contributed by atoms with Crippen molar-refractivity contribution in [2.24, 2.45) is 0 Å². The van der Waals surface area contributed by atoms with Gasteiger partial charge in [0.05, 0.1) is 0 Å². The van der Waals surface area contributed by atoms with Gasteiger partial charge >= 0.3 is 0 Å². The third-order valence-corrected chi connectivity index (χ3v) is 4.25. The maximum Gasteiger partial charge on any atom is 0.0289 e. The molecule has 0 saturated carbocycles. The fraction of sp³-hybridized carbons (Fsp3) is 0.200. The fourth-order valence-electron chi connectivity index (χ4n) is 2.89. The lowest BCUT2D eigenvalue weighted by Gasteiger charge is -2.15. The molecule has 0 spiro atoms. The van der Waals surface area contributed by atoms with E-state index in [0.717, 1.165) is 0 Å². The molecule has 0 aromatic heterocycles. The van der Waals surface area contributed by atoms with Crippen molar-refractivity contribution >= 4 is 10.8 Å². The van der Waals surface area contributed by atoms with Gasteiger partial charge in [-0.25, -0.2) is 0 Å². The van der Waals surface area contributed by atoms with Crippen molar-refractivity contribution in [1.29, 1.82) is 0 Å². The highest BCUT2D eigenvalue weighted by molar-refractivity contribution is 5.98. The molecule has 0 aliphatic rings. The van der Waals surface area contributed by atoms with E-state index in [2.05, 4.69) is 79.8 Å². The van der Waals surface area contributed by atoms with Crippen LogP contribution in [0.4, 0.5) is 0 Å². The molecule has 3 aromatic carbocycles. The lowest BCUT2D eigenvalue weighted by Crippen LogP contribution is -2.12. The summed E-state index contributed by atoms with van der Waals surface area (Å²) in [6.07, 6.45) is 0. The molecule has 1 heteroatoms. The molecule has 0 fully saturated rings. The number of aryl methyl sites for hydroxylation is 1. The Kier molecular flexibility index (Phi) is 3.76. The molecule has 0 bridgehead atoms. The van der Waals surface area contributed by atoms with E-state index in [1.165, 1.54) is 33.0 Å². The average Bonchev–Trinajstić information content (AvgIpc) is 2.54. The minimum Gasteiger partial charge on any atom is -0.313 e. The Balaban J connectivity index is 2.23. The first-order valence-electron chi connectivity index (χ1n) is 7.46. The monoisotopic (exact) mass is 275 g/mol. The van der Waals surface area contributed by atoms with E-state index in [4.69, 9.17) is 0 Å². The van der Waals surface area contributed by atoms with Gasteiger partial charge in [-0.2, -0.15) is 0 Å². The van der Waals surface area contributed by atoms with Gasteiger partial charge in [0, 0.05) is 6.04 Å². The van der Waals surface area contributed by atoms with Crippen molar-refractivity contribution in [3.63, 3.8) is 0 Å². The summed E-state index contributed by atoms with van der Waals surface area (Å²) in [5, 5.41) is 5.93. The summed E-state index contributed by atoms with van der Waals surface area (Å²) >= 11 is 0. The molecule has 0 amide bonds. The van der Waals surface area contributed by atoms with E-state index < -0.39 is 0 Å². The predicted molar refractivity (Wildman–Crippen MR) is 91.6 cm³/mol. The predicted octanol–water partition coefficient (Wildman–Crippen LogP) is 5.10. The Hall–Kier alpha value is -2.12. The Morgan fingerprint density at radius 1 is 0.905 bits per heavy atom. The molecule has 0 aliphatic carbocycles. The molecule has 106 valence electrons. The highest BCUT2D eigenvalue weighted by atomic mass is 14.8. The van der Waals surface area contributed by atoms with Crippen molar-refractivity contribution in [3.05, 3.63) is 71.8 Å². The second kappa shape index (κ2) is 5.71. The van der Waals surface area contributed by atoms with Crippen LogP contribution in [0.5, 0.6) is 0 Å². The van der Waals surface area contributed by atoms with Gasteiger partial charge in [0.25, 0.3) is 0 Å². The zero-order valence-corrected chi connectivity index (χ0v) is 12.9. The Bertz CT molecular complexity index is 774. The molecule has 1 nitrogen and oxygen atoms in total. The number of hydrogen-bond acceptors (Lipinski definition) is 1. The quantitative estimate of drug-likeness (QED) is 0.701. The van der Waals surface area contributed by atoms with Crippen molar-refractivity contribution < 1.29 is 0 Å². The molecule has 0 heterocycles. The summed E-state index contributed by atoms with van der Waals surface area (Å²) in [7, 11) is 2.00. The highest BCUT2D eigenvalue weighted by Gasteiger charge is 2.09. The normalized spacial score (nSPS) is 12.5. The first-order valence-corrected chi connectivity index (χ1v) is 7.46. The second-order valence-corrected chi connectivity index (χ2v) is 5.61. The lowest BCUT2D eigenvalue weighted by molar-refractivity contribution is 0.652. The molecule has 21 heavy (non-hydrogen) atoms. The Morgan fingerprint density at radius 2 is 1.71 bits per heavy atom. The molecule has 0 radical (unpaired) electrons. The summed E-state index contributed by atoms with van der Waals surface area (Å²) in [5.41, 5.74) is 5.28. The van der Waals surface area contributed by atoms with E-state index in [-0.39, 0.29) is 0 Å². The molecular weight excluding hydrogens is 254 g/mol. The molecule has 3 rings (SSSR count). The van der Waals surface area contributed by atoms with Crippen LogP contribution in [0.2, 0.25) is 0 Å². The second-order valence-electron chi connectivity index (χ2n) is 5.61. The van der Waals surface area contributed by atoms with E-state index in [1.54, 1.807) is 0 Å². The fourth-order valence-corrected chi connectivity index (χ4v) is 2.89. The van der Waals surface area contributed by atoms with Crippen LogP contribution in [0.25, 0.3) is 21.9 Å². The van der Waals surface area contributed by atoms with Crippen LogP contribution in [0.3, 0.4) is 0 Å². The zero-order chi connectivity index (χ0) is 14.8. The maximum atomic E-state index is 3.31. The summed E-state index contributed by atoms with van der Waals surface area (Å²) in [5.74, 6) is 0. The maximum absolute atomic E-state index is 3.31. The van der Waals surface area contributed by atoms with Crippen LogP contribution in [0.15, 0.2) is 60.7 Å². The minimum absolute atomic E-state index is 0.361. The van der Waals surface area contributed by atoms with Crippen molar-refractivity contribution in [3.8, 4) is 11.1 Å². The number of fused-ring (bicyclic) bond motifs is 1. The third-order valence-electron chi connectivity index (χ3n) is 4.25. The first kappa shape index (κ1) is 13.8. The van der Waals surface area contributed by atoms with Crippen molar-refractivity contribution in [2.75, 3.05) is 7.05 Å². The summed E-state index contributed by atoms with van der Waals surface area (Å²) in [6.45, 7) is 4.38. The molecule has 1 atom stereocenters. The third kappa shape index (κ3) is 2.57. The van der Waals surface area contributed by atoms with Crippen LogP contribution >= 0.6 is 0 Å². The number of benzene rings is 3. The highest BCUT2D eigenvalue weighted by Crippen LogP contribution is 2.33. The lowest BCUT2D eigenvalue weighted by atomic mass is 9.92. The smallest absolute Gasteiger partial charge is 0.0289 e. The number of nitrogens with one attached hydrogen (secondary N) is 1. The molecule has 0 aliphatic heterocycles. The van der Waals surface area contributed by atoms with E-state index in [9.17, 15) is 0 Å². The molecule has 1 unspecified atom stereocenters. The molecular formula is C20H21N. The number of rotatable bonds is 3. The van der Waals surface area contributed by atoms with Gasteiger partial charge in [-0.3, -0.25) is 0 Å². The van der Waals surface area contributed by atoms with E-state index >= 15 is 0 Å². The van der Waals surface area contributed by atoms with Crippen molar-refractivity contribution in [1.82, 2.24) is 5.32 Å². The van der Waals surface area contributed by atoms with Gasteiger partial charge < -0.3 is 5.32 Å². The Morgan fingerprint density at radius 3 is 2.52 bits per heavy atom. The van der Waals surface area contributed by atoms with Gasteiger partial charge in [-0.1, -0.05) is 54.6 Å². The first-order chi connectivity index (χ1) is 10.2. The number of hydrogen-bond donors (Lipinski definition) is 1. The van der Waals surface area contributed by atoms with E-state index in [0.29, 0.717) is 6.04 Å². The Labute approximate surface area is 126 Å². The van der Waals surface area contributed by atoms with Gasteiger partial charge in [-0.05, 0) is 60.0 Å². The zero-order valence-electron chi connectivity index (χ0n) is 12.9. The molecule has 3 aromatic rings. The topological polar surface area (TPSA) is 12.0 Å². The molecule has 0 saturated heterocycles. The average molecular weight is 275 g/mol. The SMILES string of the molecule is CNC(C)c1cccc(-c2c(C)ccc3ccccc23)c1. The summed E-state index contributed by atoms with van der Waals surface area (Å²) in [4.78, 5) is 0. The summed E-state index contributed by atoms with van der Waals surface area (Å²) in [6, 6.07) is 22.2. The van der Waals surface area contributed by atoms with Crippen LogP contribution in [0.1, 0.15) is 24.1 Å². The van der Waals surface area contributed by atoms with Crippen LogP contribution in [0, 0.1) is 6.92 Å². The van der Waals surface area contributed by atoms with Gasteiger partial charge in [0.15, 0.2) is 0 Å². The van der Waals surface area contributed by atoms with Crippen LogP contribution < -0.4 is 5.32 Å². The summed E-state index contributed by atoms with van der Waals surface area (Å²) < 4.78 is 0. The van der Waals surface area contributed by atoms with Gasteiger partial charge in [0.1, 0.15) is 0 Å². The largest absolute Gasteiger partial charge is 0.313 e. The van der Waals surface area contributed by atoms with Crippen molar-refractivity contribution in [2.45, 2.75) is 19.9 Å². The van der Waals surface area contributed by atoms with E-state index in [1.807, 2.05) is 7.05 Å². The van der Waals surface area contributed by atoms with Gasteiger partial charge in [0.2, 0.25) is 0 Å². The van der Waals surface area contributed by atoms with Crippen LogP contribution in [-0.4, -0.2) is 7.05 Å².